The Hall–Kier alpha value is -1.71. The van der Waals surface area contributed by atoms with E-state index in [1.165, 1.54) is 12.1 Å². The Labute approximate surface area is 81.2 Å². The number of aldehydes is 1. The second-order valence-corrected chi connectivity index (χ2v) is 2.39. The molecule has 3 nitrogen and oxygen atoms in total. The molecule has 0 aromatic heterocycles. The van der Waals surface area contributed by atoms with Crippen LogP contribution in [-0.2, 0) is 9.59 Å². The fraction of sp³-hybridized carbons (Fsp3) is 0.200. The van der Waals surface area contributed by atoms with Crippen molar-refractivity contribution in [3.63, 3.8) is 0 Å². The van der Waals surface area contributed by atoms with Crippen molar-refractivity contribution in [1.29, 1.82) is 0 Å². The van der Waals surface area contributed by atoms with Crippen molar-refractivity contribution in [3.05, 3.63) is 36.1 Å². The fourth-order valence-corrected chi connectivity index (χ4v) is 0.597. The molecule has 76 valence electrons. The van der Waals surface area contributed by atoms with Gasteiger partial charge < -0.3 is 9.90 Å². The van der Waals surface area contributed by atoms with Gasteiger partial charge in [-0.05, 0) is 12.1 Å². The highest BCUT2D eigenvalue weighted by molar-refractivity contribution is 5.70. The minimum Gasteiger partial charge on any atom is -0.481 e. The first-order valence-corrected chi connectivity index (χ1v) is 4.02. The lowest BCUT2D eigenvalue weighted by Crippen LogP contribution is -1.93. The van der Waals surface area contributed by atoms with Crippen LogP contribution in [0.2, 0.25) is 0 Å². The molecule has 1 rings (SSSR count). The third kappa shape index (κ3) is 8.39. The van der Waals surface area contributed by atoms with Crippen LogP contribution < -0.4 is 0 Å². The van der Waals surface area contributed by atoms with Crippen LogP contribution in [0.15, 0.2) is 30.3 Å². The van der Waals surface area contributed by atoms with Crippen molar-refractivity contribution < 1.29 is 19.1 Å². The van der Waals surface area contributed by atoms with Crippen LogP contribution in [0.4, 0.5) is 4.39 Å². The molecular formula is C10H11FO3. The maximum absolute atomic E-state index is 11.9. The number of rotatable bonds is 3. The molecule has 0 heterocycles. The van der Waals surface area contributed by atoms with Gasteiger partial charge in [-0.1, -0.05) is 18.2 Å². The Balaban J connectivity index is 0.000000241. The maximum atomic E-state index is 11.9. The predicted molar refractivity (Wildman–Crippen MR) is 49.3 cm³/mol. The van der Waals surface area contributed by atoms with Crippen molar-refractivity contribution >= 4 is 12.3 Å². The van der Waals surface area contributed by atoms with E-state index in [1.807, 2.05) is 0 Å². The molecule has 0 aliphatic carbocycles. The summed E-state index contributed by atoms with van der Waals surface area (Å²) < 4.78 is 11.9. The summed E-state index contributed by atoms with van der Waals surface area (Å²) in [4.78, 5) is 19.0. The Kier molecular flexibility index (Phi) is 6.95. The lowest BCUT2D eigenvalue weighted by Gasteiger charge is -1.79. The lowest BCUT2D eigenvalue weighted by molar-refractivity contribution is -0.137. The summed E-state index contributed by atoms with van der Waals surface area (Å²) >= 11 is 0. The normalized spacial score (nSPS) is 8.36. The molecule has 1 aromatic carbocycles. The monoisotopic (exact) mass is 198 g/mol. The van der Waals surface area contributed by atoms with Crippen molar-refractivity contribution in [2.24, 2.45) is 0 Å². The summed E-state index contributed by atoms with van der Waals surface area (Å²) in [5.74, 6) is -1.10. The van der Waals surface area contributed by atoms with Gasteiger partial charge in [0.1, 0.15) is 12.1 Å². The third-order valence-corrected chi connectivity index (χ3v) is 1.21. The Morgan fingerprint density at radius 1 is 1.36 bits per heavy atom. The first kappa shape index (κ1) is 12.3. The molecule has 14 heavy (non-hydrogen) atoms. The number of hydrogen-bond acceptors (Lipinski definition) is 2. The molecule has 0 aliphatic heterocycles. The zero-order valence-corrected chi connectivity index (χ0v) is 7.52. The van der Waals surface area contributed by atoms with E-state index in [0.29, 0.717) is 6.29 Å². The molecule has 0 unspecified atom stereocenters. The average Bonchev–Trinajstić information content (AvgIpc) is 2.17. The molecule has 1 aromatic rings. The van der Waals surface area contributed by atoms with E-state index in [2.05, 4.69) is 0 Å². The summed E-state index contributed by atoms with van der Waals surface area (Å²) in [6, 6.07) is 7.94. The molecule has 0 atom stereocenters. The summed E-state index contributed by atoms with van der Waals surface area (Å²) in [7, 11) is 0. The SMILES string of the molecule is Fc1ccccc1.O=CCCC(=O)O. The van der Waals surface area contributed by atoms with Gasteiger partial charge in [0.15, 0.2) is 0 Å². The van der Waals surface area contributed by atoms with Crippen LogP contribution in [0.1, 0.15) is 12.8 Å². The van der Waals surface area contributed by atoms with E-state index in [1.54, 1.807) is 18.2 Å². The molecule has 0 bridgehead atoms. The van der Waals surface area contributed by atoms with Crippen molar-refractivity contribution in [2.45, 2.75) is 12.8 Å². The molecule has 0 fully saturated rings. The van der Waals surface area contributed by atoms with E-state index in [0.717, 1.165) is 0 Å². The fourth-order valence-electron chi connectivity index (χ4n) is 0.597. The second-order valence-electron chi connectivity index (χ2n) is 2.39. The zero-order valence-electron chi connectivity index (χ0n) is 7.52. The Morgan fingerprint density at radius 2 is 1.93 bits per heavy atom. The van der Waals surface area contributed by atoms with Gasteiger partial charge in [-0.3, -0.25) is 4.79 Å². The number of carboxylic acids is 1. The lowest BCUT2D eigenvalue weighted by atomic mass is 10.3. The van der Waals surface area contributed by atoms with Gasteiger partial charge in [-0.2, -0.15) is 0 Å². The Bertz CT molecular complexity index is 272. The number of hydrogen-bond donors (Lipinski definition) is 1. The van der Waals surface area contributed by atoms with E-state index in [4.69, 9.17) is 5.11 Å². The van der Waals surface area contributed by atoms with Gasteiger partial charge in [0, 0.05) is 6.42 Å². The van der Waals surface area contributed by atoms with E-state index in [9.17, 15) is 14.0 Å². The van der Waals surface area contributed by atoms with Crippen LogP contribution in [0, 0.1) is 5.82 Å². The van der Waals surface area contributed by atoms with Crippen molar-refractivity contribution in [2.75, 3.05) is 0 Å². The number of carbonyl (C=O) groups excluding carboxylic acids is 1. The van der Waals surface area contributed by atoms with E-state index in [-0.39, 0.29) is 18.7 Å². The smallest absolute Gasteiger partial charge is 0.303 e. The maximum Gasteiger partial charge on any atom is 0.303 e. The van der Waals surface area contributed by atoms with Gasteiger partial charge in [-0.15, -0.1) is 0 Å². The predicted octanol–water partition coefficient (Wildman–Crippen LogP) is 1.88. The third-order valence-electron chi connectivity index (χ3n) is 1.21. The number of carbonyl (C=O) groups is 2. The second kappa shape index (κ2) is 7.91. The van der Waals surface area contributed by atoms with Crippen molar-refractivity contribution in [3.8, 4) is 0 Å². The molecule has 0 spiro atoms. The Morgan fingerprint density at radius 3 is 2.14 bits per heavy atom. The minimum absolute atomic E-state index is 0.0521. The number of halogens is 1. The molecule has 4 heteroatoms. The first-order valence-electron chi connectivity index (χ1n) is 4.02. The number of benzene rings is 1. The molecule has 0 saturated heterocycles. The summed E-state index contributed by atoms with van der Waals surface area (Å²) in [6.07, 6.45) is 0.660. The standard InChI is InChI=1S/C6H5F.C4H6O3/c7-6-4-2-1-3-5-6;5-3-1-2-4(6)7/h1-5H;3H,1-2H2,(H,6,7). The van der Waals surface area contributed by atoms with Crippen LogP contribution >= 0.6 is 0 Å². The highest BCUT2D eigenvalue weighted by atomic mass is 19.1. The number of aliphatic carboxylic acids is 1. The topological polar surface area (TPSA) is 54.4 Å². The van der Waals surface area contributed by atoms with Crippen LogP contribution in [0.3, 0.4) is 0 Å². The molecule has 0 saturated carbocycles. The van der Waals surface area contributed by atoms with Crippen molar-refractivity contribution in [1.82, 2.24) is 0 Å². The average molecular weight is 198 g/mol. The van der Waals surface area contributed by atoms with Gasteiger partial charge in [-0.25, -0.2) is 4.39 Å². The minimum atomic E-state index is -0.924. The molecular weight excluding hydrogens is 187 g/mol. The van der Waals surface area contributed by atoms with Gasteiger partial charge >= 0.3 is 5.97 Å². The zero-order chi connectivity index (χ0) is 10.8. The largest absolute Gasteiger partial charge is 0.481 e. The van der Waals surface area contributed by atoms with E-state index < -0.39 is 5.97 Å². The quantitative estimate of drug-likeness (QED) is 0.754. The molecule has 1 N–H and O–H groups in total. The van der Waals surface area contributed by atoms with Crippen LogP contribution in [0.5, 0.6) is 0 Å². The summed E-state index contributed by atoms with van der Waals surface area (Å²) in [6.45, 7) is 0. The first-order chi connectivity index (χ1) is 6.66. The molecule has 0 aliphatic rings. The highest BCUT2D eigenvalue weighted by Gasteiger charge is 1.91. The van der Waals surface area contributed by atoms with E-state index >= 15 is 0 Å². The highest BCUT2D eigenvalue weighted by Crippen LogP contribution is 1.91. The summed E-state index contributed by atoms with van der Waals surface area (Å²) in [5, 5.41) is 7.89. The van der Waals surface area contributed by atoms with Gasteiger partial charge in [0.05, 0.1) is 6.42 Å². The van der Waals surface area contributed by atoms with Gasteiger partial charge in [0.25, 0.3) is 0 Å². The van der Waals surface area contributed by atoms with Crippen LogP contribution in [0.25, 0.3) is 0 Å². The number of carboxylic acid groups (broad SMARTS) is 1. The summed E-state index contributed by atoms with van der Waals surface area (Å²) in [5.41, 5.74) is 0. The van der Waals surface area contributed by atoms with Crippen LogP contribution in [-0.4, -0.2) is 17.4 Å². The molecule has 0 radical (unpaired) electrons. The van der Waals surface area contributed by atoms with Gasteiger partial charge in [0.2, 0.25) is 0 Å². The molecule has 0 amide bonds.